The number of hydrogen-bond donors (Lipinski definition) is 2. The molecule has 0 aliphatic heterocycles. The Morgan fingerprint density at radius 1 is 1.09 bits per heavy atom. The van der Waals surface area contributed by atoms with E-state index in [1.165, 1.54) is 0 Å². The van der Waals surface area contributed by atoms with Crippen molar-refractivity contribution in [1.29, 1.82) is 0 Å². The highest BCUT2D eigenvalue weighted by Crippen LogP contribution is 2.26. The van der Waals surface area contributed by atoms with Crippen molar-refractivity contribution < 1.29 is 5.11 Å². The molecule has 6 heteroatoms. The Labute approximate surface area is 142 Å². The number of rotatable bonds is 4. The Kier molecular flexibility index (Phi) is 4.66. The smallest absolute Gasteiger partial charge is 0.259 e. The second-order valence-electron chi connectivity index (χ2n) is 5.20. The van der Waals surface area contributed by atoms with E-state index in [9.17, 15) is 4.79 Å². The van der Waals surface area contributed by atoms with E-state index in [-0.39, 0.29) is 12.2 Å². The van der Waals surface area contributed by atoms with Crippen molar-refractivity contribution in [1.82, 2.24) is 9.97 Å². The first-order valence-corrected chi connectivity index (χ1v) is 7.93. The van der Waals surface area contributed by atoms with Crippen LogP contribution in [0.4, 0.5) is 0 Å². The number of aryl methyl sites for hydroxylation is 1. The number of nitrogens with zero attached hydrogens (tertiary/aromatic N) is 1. The molecule has 0 saturated heterocycles. The summed E-state index contributed by atoms with van der Waals surface area (Å²) >= 11 is 12.0. The average Bonchev–Trinajstić information content (AvgIpc) is 2.54. The lowest BCUT2D eigenvalue weighted by molar-refractivity contribution is 0.288. The second-order valence-corrected chi connectivity index (χ2v) is 6.08. The van der Waals surface area contributed by atoms with E-state index in [1.807, 2.05) is 6.07 Å². The Bertz CT molecular complexity index is 922. The largest absolute Gasteiger partial charge is 0.396 e. The van der Waals surface area contributed by atoms with Crippen LogP contribution < -0.4 is 5.56 Å². The lowest BCUT2D eigenvalue weighted by Crippen LogP contribution is -2.10. The Balaban J connectivity index is 2.18. The fraction of sp³-hybridized carbons (Fsp3) is 0.176. The van der Waals surface area contributed by atoms with Gasteiger partial charge in [0, 0.05) is 22.2 Å². The Morgan fingerprint density at radius 2 is 1.83 bits per heavy atom. The average molecular weight is 349 g/mol. The summed E-state index contributed by atoms with van der Waals surface area (Å²) in [6.45, 7) is 0.0994. The van der Waals surface area contributed by atoms with Crippen LogP contribution in [0, 0.1) is 0 Å². The maximum atomic E-state index is 12.3. The van der Waals surface area contributed by atoms with Crippen LogP contribution in [0.5, 0.6) is 0 Å². The van der Waals surface area contributed by atoms with E-state index in [4.69, 9.17) is 28.3 Å². The summed E-state index contributed by atoms with van der Waals surface area (Å²) in [4.78, 5) is 19.6. The van der Waals surface area contributed by atoms with Crippen molar-refractivity contribution >= 4 is 34.1 Å². The van der Waals surface area contributed by atoms with E-state index in [1.54, 1.807) is 30.3 Å². The number of H-pyrrole nitrogens is 1. The summed E-state index contributed by atoms with van der Waals surface area (Å²) in [5.41, 5.74) is 2.06. The molecule has 0 aliphatic carbocycles. The molecule has 3 aromatic rings. The summed E-state index contributed by atoms with van der Waals surface area (Å²) in [6, 6.07) is 10.5. The van der Waals surface area contributed by atoms with Gasteiger partial charge in [0.25, 0.3) is 5.56 Å². The van der Waals surface area contributed by atoms with Crippen molar-refractivity contribution in [2.24, 2.45) is 0 Å². The zero-order valence-corrected chi connectivity index (χ0v) is 13.7. The maximum absolute atomic E-state index is 12.3. The lowest BCUT2D eigenvalue weighted by atomic mass is 10.0. The van der Waals surface area contributed by atoms with Crippen LogP contribution in [0.2, 0.25) is 10.0 Å². The fourth-order valence-corrected chi connectivity index (χ4v) is 2.84. The number of nitrogens with one attached hydrogen (secondary N) is 1. The lowest BCUT2D eigenvalue weighted by Gasteiger charge is -2.10. The van der Waals surface area contributed by atoms with Gasteiger partial charge in [-0.15, -0.1) is 0 Å². The molecule has 4 nitrogen and oxygen atoms in total. The van der Waals surface area contributed by atoms with Gasteiger partial charge in [-0.2, -0.15) is 0 Å². The van der Waals surface area contributed by atoms with Gasteiger partial charge >= 0.3 is 0 Å². The van der Waals surface area contributed by atoms with Crippen LogP contribution in [-0.2, 0) is 6.42 Å². The number of aromatic amines is 1. The van der Waals surface area contributed by atoms with Gasteiger partial charge in [-0.3, -0.25) is 4.79 Å². The van der Waals surface area contributed by atoms with Crippen LogP contribution in [0.1, 0.15) is 12.0 Å². The first-order chi connectivity index (χ1) is 11.1. The molecule has 0 saturated carbocycles. The summed E-state index contributed by atoms with van der Waals surface area (Å²) in [5.74, 6) is 0.459. The van der Waals surface area contributed by atoms with Gasteiger partial charge in [-0.25, -0.2) is 4.98 Å². The number of benzene rings is 2. The monoisotopic (exact) mass is 348 g/mol. The van der Waals surface area contributed by atoms with E-state index in [2.05, 4.69) is 9.97 Å². The number of aliphatic hydroxyl groups excluding tert-OH is 1. The molecule has 0 bridgehead atoms. The minimum Gasteiger partial charge on any atom is -0.396 e. The molecule has 3 rings (SSSR count). The van der Waals surface area contributed by atoms with Crippen molar-refractivity contribution in [3.8, 4) is 11.4 Å². The standard InChI is InChI=1S/C17H14Cl2N2O2/c18-11-4-3-10(2-1-7-22)13(8-11)16-20-15-6-5-12(19)9-14(15)17(23)21-16/h3-6,8-9,22H,1-2,7H2,(H,20,21,23). The molecule has 2 N–H and O–H groups in total. The molecular weight excluding hydrogens is 335 g/mol. The highest BCUT2D eigenvalue weighted by atomic mass is 35.5. The van der Waals surface area contributed by atoms with Crippen molar-refractivity contribution in [2.75, 3.05) is 6.61 Å². The molecule has 0 spiro atoms. The molecule has 0 amide bonds. The maximum Gasteiger partial charge on any atom is 0.259 e. The number of hydrogen-bond acceptors (Lipinski definition) is 3. The summed E-state index contributed by atoms with van der Waals surface area (Å²) in [5, 5.41) is 10.5. The molecular formula is C17H14Cl2N2O2. The molecule has 23 heavy (non-hydrogen) atoms. The van der Waals surface area contributed by atoms with Crippen LogP contribution in [0.3, 0.4) is 0 Å². The zero-order chi connectivity index (χ0) is 16.4. The van der Waals surface area contributed by atoms with Crippen LogP contribution in [0.15, 0.2) is 41.2 Å². The summed E-state index contributed by atoms with van der Waals surface area (Å²) in [7, 11) is 0. The predicted octanol–water partition coefficient (Wildman–Crippen LogP) is 3.82. The zero-order valence-electron chi connectivity index (χ0n) is 12.1. The van der Waals surface area contributed by atoms with Crippen molar-refractivity contribution in [2.45, 2.75) is 12.8 Å². The van der Waals surface area contributed by atoms with Gasteiger partial charge in [0.2, 0.25) is 0 Å². The summed E-state index contributed by atoms with van der Waals surface area (Å²) < 4.78 is 0. The van der Waals surface area contributed by atoms with Crippen LogP contribution in [-0.4, -0.2) is 21.7 Å². The molecule has 118 valence electrons. The molecule has 0 unspecified atom stereocenters. The fourth-order valence-electron chi connectivity index (χ4n) is 2.50. The Hall–Kier alpha value is -1.88. The molecule has 0 fully saturated rings. The third kappa shape index (κ3) is 3.39. The highest BCUT2D eigenvalue weighted by Gasteiger charge is 2.11. The second kappa shape index (κ2) is 6.71. The Morgan fingerprint density at radius 3 is 2.61 bits per heavy atom. The minimum atomic E-state index is -0.249. The van der Waals surface area contributed by atoms with Crippen molar-refractivity contribution in [3.63, 3.8) is 0 Å². The van der Waals surface area contributed by atoms with Gasteiger partial charge < -0.3 is 10.1 Å². The van der Waals surface area contributed by atoms with Crippen molar-refractivity contribution in [3.05, 3.63) is 62.4 Å². The first kappa shape index (κ1) is 16.0. The normalized spacial score (nSPS) is 11.1. The third-order valence-electron chi connectivity index (χ3n) is 3.60. The van der Waals surface area contributed by atoms with Crippen LogP contribution >= 0.6 is 23.2 Å². The number of fused-ring (bicyclic) bond motifs is 1. The van der Waals surface area contributed by atoms with Gasteiger partial charge in [0.05, 0.1) is 10.9 Å². The van der Waals surface area contributed by atoms with E-state index in [0.717, 1.165) is 11.1 Å². The topological polar surface area (TPSA) is 66.0 Å². The summed E-state index contributed by atoms with van der Waals surface area (Å²) in [6.07, 6.45) is 1.30. The number of halogens is 2. The molecule has 1 heterocycles. The number of aliphatic hydroxyl groups is 1. The number of aromatic nitrogens is 2. The quantitative estimate of drug-likeness (QED) is 0.753. The molecule has 0 atom stereocenters. The molecule has 0 radical (unpaired) electrons. The van der Waals surface area contributed by atoms with Gasteiger partial charge in [-0.05, 0) is 48.7 Å². The van der Waals surface area contributed by atoms with Gasteiger partial charge in [0.1, 0.15) is 5.82 Å². The van der Waals surface area contributed by atoms with Crippen LogP contribution in [0.25, 0.3) is 22.3 Å². The van der Waals surface area contributed by atoms with Gasteiger partial charge in [-0.1, -0.05) is 29.3 Å². The third-order valence-corrected chi connectivity index (χ3v) is 4.07. The highest BCUT2D eigenvalue weighted by molar-refractivity contribution is 6.31. The van der Waals surface area contributed by atoms with E-state index < -0.39 is 0 Å². The SMILES string of the molecule is O=c1[nH]c(-c2cc(Cl)ccc2CCCO)nc2ccc(Cl)cc12. The van der Waals surface area contributed by atoms with Gasteiger partial charge in [0.15, 0.2) is 0 Å². The van der Waals surface area contributed by atoms with E-state index in [0.29, 0.717) is 39.6 Å². The predicted molar refractivity (Wildman–Crippen MR) is 93.2 cm³/mol. The van der Waals surface area contributed by atoms with E-state index >= 15 is 0 Å². The molecule has 2 aromatic carbocycles. The minimum absolute atomic E-state index is 0.0994. The first-order valence-electron chi connectivity index (χ1n) is 7.18. The molecule has 1 aromatic heterocycles. The molecule has 0 aliphatic rings.